The maximum atomic E-state index is 15.5. The number of morpholine rings is 1. The largest absolute Gasteiger partial charge is 0.509 e. The Morgan fingerprint density at radius 3 is 2.47 bits per heavy atom. The number of amides is 2. The number of halogens is 6. The lowest BCUT2D eigenvalue weighted by molar-refractivity contribution is -0.163. The van der Waals surface area contributed by atoms with E-state index in [1.165, 1.54) is 35.3 Å². The van der Waals surface area contributed by atoms with Crippen molar-refractivity contribution in [2.24, 2.45) is 0 Å². The van der Waals surface area contributed by atoms with Gasteiger partial charge in [-0.05, 0) is 43.2 Å². The van der Waals surface area contributed by atoms with Gasteiger partial charge in [0.1, 0.15) is 23.6 Å². The molecule has 272 valence electrons. The van der Waals surface area contributed by atoms with E-state index in [1.54, 1.807) is 7.05 Å². The minimum absolute atomic E-state index is 0.0716. The van der Waals surface area contributed by atoms with Gasteiger partial charge < -0.3 is 19.9 Å². The maximum Gasteiger partial charge on any atom is 0.433 e. The highest BCUT2D eigenvalue weighted by atomic mass is 35.5. The van der Waals surface area contributed by atoms with Crippen molar-refractivity contribution < 1.29 is 46.1 Å². The third-order valence-corrected chi connectivity index (χ3v) is 9.81. The van der Waals surface area contributed by atoms with Gasteiger partial charge in [-0.2, -0.15) is 17.6 Å². The van der Waals surface area contributed by atoms with E-state index in [0.29, 0.717) is 58.5 Å². The molecule has 3 heterocycles. The van der Waals surface area contributed by atoms with E-state index in [1.807, 2.05) is 0 Å². The van der Waals surface area contributed by atoms with E-state index in [9.17, 15) is 27.9 Å². The Morgan fingerprint density at radius 2 is 1.80 bits per heavy atom. The minimum Gasteiger partial charge on any atom is -0.509 e. The molecule has 2 N–H and O–H groups in total. The van der Waals surface area contributed by atoms with Crippen molar-refractivity contribution in [2.45, 2.75) is 43.9 Å². The lowest BCUT2D eigenvalue weighted by atomic mass is 9.88. The molecule has 0 unspecified atom stereocenters. The smallest absolute Gasteiger partial charge is 0.433 e. The lowest BCUT2D eigenvalue weighted by Gasteiger charge is -2.48. The van der Waals surface area contributed by atoms with Crippen LogP contribution in [0, 0.1) is 11.6 Å². The summed E-state index contributed by atoms with van der Waals surface area (Å²) in [6.07, 6.45) is -1.64. The molecule has 1 saturated heterocycles. The molecule has 2 aliphatic heterocycles. The van der Waals surface area contributed by atoms with Crippen LogP contribution >= 0.6 is 11.6 Å². The number of pyridine rings is 1. The second-order valence-corrected chi connectivity index (χ2v) is 13.0. The lowest BCUT2D eigenvalue weighted by Crippen LogP contribution is -2.62. The number of ether oxygens (including phenoxy) is 2. The second kappa shape index (κ2) is 14.7. The van der Waals surface area contributed by atoms with E-state index in [2.05, 4.69) is 15.2 Å². The molecule has 2 aromatic carbocycles. The molecule has 2 fully saturated rings. The van der Waals surface area contributed by atoms with Crippen LogP contribution in [0.4, 0.5) is 27.6 Å². The van der Waals surface area contributed by atoms with E-state index in [0.717, 1.165) is 23.3 Å². The zero-order chi connectivity index (χ0) is 36.5. The van der Waals surface area contributed by atoms with Crippen molar-refractivity contribution in [3.8, 4) is 16.9 Å². The average molecular weight is 736 g/mol. The first-order chi connectivity index (χ1) is 24.3. The summed E-state index contributed by atoms with van der Waals surface area (Å²) < 4.78 is 81.0. The maximum absolute atomic E-state index is 15.5. The third kappa shape index (κ3) is 7.38. The normalized spacial score (nSPS) is 18.5. The van der Waals surface area contributed by atoms with Crippen LogP contribution in [-0.4, -0.2) is 88.9 Å². The van der Waals surface area contributed by atoms with Gasteiger partial charge in [-0.25, -0.2) is 9.40 Å². The highest BCUT2D eigenvalue weighted by Crippen LogP contribution is 2.45. The second-order valence-electron chi connectivity index (χ2n) is 12.6. The number of alkyl halides is 3. The molecule has 1 spiro atoms. The number of aliphatic hydroxyl groups excluding tert-OH is 1. The number of hydrogen-bond acceptors (Lipinski definition) is 8. The van der Waals surface area contributed by atoms with Gasteiger partial charge in [0.25, 0.3) is 11.8 Å². The van der Waals surface area contributed by atoms with E-state index < -0.39 is 58.7 Å². The number of anilines is 1. The quantitative estimate of drug-likeness (QED) is 0.193. The first-order valence-corrected chi connectivity index (χ1v) is 16.7. The number of aliphatic hydroxyl groups is 1. The number of rotatable bonds is 9. The SMILES string of the molecule is CN1N(Cc2ccc(OCCN3CCOCC3)c(F)c2F)C(=O)C(C(=O)Nc2ccc(Cl)cc2-c2ccc(C(F)(F)F)nc2)=C(O)C12CCCC2. The summed E-state index contributed by atoms with van der Waals surface area (Å²) in [5.74, 6) is -5.18. The molecule has 6 rings (SSSR count). The highest BCUT2D eigenvalue weighted by molar-refractivity contribution is 6.31. The molecule has 1 aromatic heterocycles. The molecule has 2 amide bonds. The minimum atomic E-state index is -4.67. The summed E-state index contributed by atoms with van der Waals surface area (Å²) in [6, 6.07) is 8.77. The first-order valence-electron chi connectivity index (χ1n) is 16.3. The molecular weight excluding hydrogens is 701 g/mol. The monoisotopic (exact) mass is 735 g/mol. The van der Waals surface area contributed by atoms with Gasteiger partial charge in [0.2, 0.25) is 5.82 Å². The molecule has 10 nitrogen and oxygen atoms in total. The summed E-state index contributed by atoms with van der Waals surface area (Å²) >= 11 is 6.19. The van der Waals surface area contributed by atoms with Crippen molar-refractivity contribution >= 4 is 29.1 Å². The average Bonchev–Trinajstić information content (AvgIpc) is 3.61. The number of nitrogens with zero attached hydrogens (tertiary/aromatic N) is 4. The van der Waals surface area contributed by atoms with Crippen LogP contribution in [-0.2, 0) is 27.0 Å². The van der Waals surface area contributed by atoms with Crippen LogP contribution in [0.1, 0.15) is 36.9 Å². The molecule has 3 aromatic rings. The fourth-order valence-corrected chi connectivity index (χ4v) is 6.90. The number of likely N-dealkylation sites (N-methyl/N-ethyl adjacent to an activating group) is 1. The Labute approximate surface area is 295 Å². The van der Waals surface area contributed by atoms with Gasteiger partial charge >= 0.3 is 6.18 Å². The van der Waals surface area contributed by atoms with Crippen molar-refractivity contribution in [3.63, 3.8) is 0 Å². The Kier molecular flexibility index (Phi) is 10.5. The summed E-state index contributed by atoms with van der Waals surface area (Å²) in [4.78, 5) is 33.5. The first kappa shape index (κ1) is 36.5. The molecule has 0 atom stereocenters. The Hall–Kier alpha value is -4.31. The van der Waals surface area contributed by atoms with Gasteiger partial charge in [0.15, 0.2) is 11.6 Å². The molecule has 0 radical (unpaired) electrons. The van der Waals surface area contributed by atoms with E-state index >= 15 is 8.78 Å². The number of hydrazine groups is 1. The standard InChI is InChI=1S/C35H35ClF5N5O5/c1-44-34(10-2-3-11-34)31(47)28(32(48)43-25-7-6-23(36)18-24(25)21-5-9-27(42-19-21)35(39,40)41)33(49)46(44)20-22-4-8-26(30(38)29(22)37)51-17-14-45-12-15-50-16-13-45/h4-9,18-19,47H,2-3,10-17,20H2,1H3,(H,43,48). The van der Waals surface area contributed by atoms with Crippen LogP contribution in [0.15, 0.2) is 60.0 Å². The molecule has 1 aliphatic carbocycles. The van der Waals surface area contributed by atoms with Gasteiger partial charge in [0.05, 0.1) is 25.3 Å². The van der Waals surface area contributed by atoms with Crippen LogP contribution in [0.25, 0.3) is 11.1 Å². The van der Waals surface area contributed by atoms with Crippen molar-refractivity contribution in [1.29, 1.82) is 0 Å². The van der Waals surface area contributed by atoms with Crippen LogP contribution in [0.5, 0.6) is 5.75 Å². The van der Waals surface area contributed by atoms with E-state index in [-0.39, 0.29) is 39.8 Å². The Morgan fingerprint density at radius 1 is 1.08 bits per heavy atom. The fraction of sp³-hybridized carbons (Fsp3) is 0.400. The summed E-state index contributed by atoms with van der Waals surface area (Å²) in [7, 11) is 1.54. The molecule has 0 bridgehead atoms. The van der Waals surface area contributed by atoms with Crippen LogP contribution < -0.4 is 10.1 Å². The van der Waals surface area contributed by atoms with Crippen molar-refractivity contribution in [1.82, 2.24) is 19.9 Å². The molecule has 51 heavy (non-hydrogen) atoms. The number of carbonyl (C=O) groups is 2. The van der Waals surface area contributed by atoms with Crippen LogP contribution in [0.2, 0.25) is 5.02 Å². The summed E-state index contributed by atoms with van der Waals surface area (Å²) in [5.41, 5.74) is -2.62. The molecule has 1 saturated carbocycles. The van der Waals surface area contributed by atoms with Gasteiger partial charge in [-0.3, -0.25) is 24.5 Å². The number of nitrogens with one attached hydrogen (secondary N) is 1. The predicted molar refractivity (Wildman–Crippen MR) is 177 cm³/mol. The Bertz CT molecular complexity index is 1830. The molecule has 16 heteroatoms. The number of benzene rings is 2. The highest BCUT2D eigenvalue weighted by Gasteiger charge is 2.53. The molecule has 3 aliphatic rings. The summed E-state index contributed by atoms with van der Waals surface area (Å²) in [6.45, 7) is 2.74. The van der Waals surface area contributed by atoms with Gasteiger partial charge in [-0.15, -0.1) is 0 Å². The predicted octanol–water partition coefficient (Wildman–Crippen LogP) is 6.36. The number of hydrogen-bond donors (Lipinski definition) is 2. The van der Waals surface area contributed by atoms with Crippen molar-refractivity contribution in [3.05, 3.63) is 87.9 Å². The zero-order valence-corrected chi connectivity index (χ0v) is 28.3. The third-order valence-electron chi connectivity index (χ3n) is 9.58. The zero-order valence-electron chi connectivity index (χ0n) is 27.5. The van der Waals surface area contributed by atoms with Crippen molar-refractivity contribution in [2.75, 3.05) is 51.8 Å². The molecular formula is C35H35ClF5N5O5. The van der Waals surface area contributed by atoms with E-state index in [4.69, 9.17) is 21.1 Å². The summed E-state index contributed by atoms with van der Waals surface area (Å²) in [5, 5.41) is 16.9. The number of aromatic nitrogens is 1. The Balaban J connectivity index is 1.26. The fourth-order valence-electron chi connectivity index (χ4n) is 6.73. The van der Waals surface area contributed by atoms with Gasteiger partial charge in [-0.1, -0.05) is 36.6 Å². The van der Waals surface area contributed by atoms with Gasteiger partial charge in [0, 0.05) is 60.3 Å². The topological polar surface area (TPSA) is 107 Å². The van der Waals surface area contributed by atoms with Crippen LogP contribution in [0.3, 0.4) is 0 Å². The number of carbonyl (C=O) groups excluding carboxylic acids is 2.